The number of aryl methyl sites for hydroxylation is 1. The third-order valence-electron chi connectivity index (χ3n) is 6.12. The highest BCUT2D eigenvalue weighted by atomic mass is 35.5. The van der Waals surface area contributed by atoms with Crippen molar-refractivity contribution in [3.63, 3.8) is 0 Å². The average molecular weight is 504 g/mol. The highest BCUT2D eigenvalue weighted by Gasteiger charge is 2.29. The van der Waals surface area contributed by atoms with Crippen molar-refractivity contribution in [3.8, 4) is 5.75 Å². The Morgan fingerprint density at radius 3 is 2.46 bits per heavy atom. The summed E-state index contributed by atoms with van der Waals surface area (Å²) in [6.07, 6.45) is 1.88. The molecule has 0 aromatic heterocycles. The van der Waals surface area contributed by atoms with Crippen LogP contribution in [0.15, 0.2) is 82.7 Å². The lowest BCUT2D eigenvalue weighted by Crippen LogP contribution is -2.47. The Balaban J connectivity index is 1.23. The molecule has 1 amide bonds. The Morgan fingerprint density at radius 2 is 1.69 bits per heavy atom. The predicted molar refractivity (Wildman–Crippen MR) is 145 cm³/mol. The Hall–Kier alpha value is -3.22. The predicted octanol–water partition coefficient (Wildman–Crippen LogP) is 6.02. The van der Waals surface area contributed by atoms with Crippen LogP contribution in [-0.4, -0.2) is 42.2 Å². The van der Waals surface area contributed by atoms with Crippen molar-refractivity contribution in [1.82, 2.24) is 4.90 Å². The summed E-state index contributed by atoms with van der Waals surface area (Å²) in [7, 11) is 0. The molecule has 0 bridgehead atoms. The topological polar surface area (TPSA) is 45.1 Å². The molecule has 5 rings (SSSR count). The van der Waals surface area contributed by atoms with Crippen molar-refractivity contribution in [3.05, 3.63) is 99.4 Å². The first-order valence-electron chi connectivity index (χ1n) is 11.6. The van der Waals surface area contributed by atoms with Gasteiger partial charge in [-0.1, -0.05) is 66.2 Å². The van der Waals surface area contributed by atoms with Crippen LogP contribution in [0.2, 0.25) is 5.02 Å². The Morgan fingerprint density at radius 1 is 0.971 bits per heavy atom. The Labute approximate surface area is 215 Å². The first-order chi connectivity index (χ1) is 17.1. The van der Waals surface area contributed by atoms with Gasteiger partial charge in [0, 0.05) is 42.5 Å². The minimum atomic E-state index is -0.199. The summed E-state index contributed by atoms with van der Waals surface area (Å²) in [4.78, 5) is 22.2. The number of carbonyl (C=O) groups is 1. The zero-order valence-corrected chi connectivity index (χ0v) is 21.1. The van der Waals surface area contributed by atoms with Gasteiger partial charge in [0.1, 0.15) is 12.4 Å². The second kappa shape index (κ2) is 10.6. The van der Waals surface area contributed by atoms with E-state index in [1.54, 1.807) is 0 Å². The van der Waals surface area contributed by atoms with E-state index in [0.29, 0.717) is 11.5 Å². The van der Waals surface area contributed by atoms with Crippen LogP contribution in [0.5, 0.6) is 5.75 Å². The van der Waals surface area contributed by atoms with E-state index in [-0.39, 0.29) is 5.91 Å². The van der Waals surface area contributed by atoms with Gasteiger partial charge in [-0.2, -0.15) is 4.99 Å². The summed E-state index contributed by atoms with van der Waals surface area (Å²) in [5, 5.41) is 1.56. The van der Waals surface area contributed by atoms with Gasteiger partial charge in [0.05, 0.1) is 4.91 Å². The molecule has 0 N–H and O–H groups in total. The molecule has 3 aromatic carbocycles. The second-order valence-corrected chi connectivity index (χ2v) is 9.95. The molecule has 0 aliphatic carbocycles. The number of aliphatic imine (C=N–C) groups is 1. The fraction of sp³-hybridized carbons (Fsp3) is 0.214. The maximum atomic E-state index is 12.7. The van der Waals surface area contributed by atoms with Crippen molar-refractivity contribution < 1.29 is 9.53 Å². The summed E-state index contributed by atoms with van der Waals surface area (Å²) in [6.45, 7) is 5.78. The highest BCUT2D eigenvalue weighted by Crippen LogP contribution is 2.33. The number of ether oxygens (including phenoxy) is 1. The Kier molecular flexibility index (Phi) is 7.11. The number of thioether (sulfide) groups is 1. The van der Waals surface area contributed by atoms with E-state index in [9.17, 15) is 4.79 Å². The minimum Gasteiger partial charge on any atom is -0.488 e. The number of amidine groups is 1. The lowest BCUT2D eigenvalue weighted by Gasteiger charge is -2.36. The van der Waals surface area contributed by atoms with E-state index in [1.807, 2.05) is 73.7 Å². The maximum absolute atomic E-state index is 12.7. The number of halogens is 1. The quantitative estimate of drug-likeness (QED) is 0.398. The van der Waals surface area contributed by atoms with Gasteiger partial charge in [0.25, 0.3) is 5.91 Å². The summed E-state index contributed by atoms with van der Waals surface area (Å²) in [5.41, 5.74) is 4.18. The second-order valence-electron chi connectivity index (χ2n) is 8.53. The number of hydrogen-bond donors (Lipinski definition) is 0. The van der Waals surface area contributed by atoms with Crippen LogP contribution in [0.25, 0.3) is 6.08 Å². The molecule has 3 aromatic rings. The standard InChI is InChI=1S/C28H26ClN3O2S/c1-20-11-12-23(18-24(20)29)31-13-15-32(16-14-31)28-30-27(33)26(35-28)17-22-9-5-6-10-25(22)34-19-21-7-3-2-4-8-21/h2-12,17-18H,13-16,19H2,1H3. The molecule has 0 atom stereocenters. The molecule has 2 heterocycles. The van der Waals surface area contributed by atoms with Crippen molar-refractivity contribution >= 4 is 46.2 Å². The summed E-state index contributed by atoms with van der Waals surface area (Å²) in [5.74, 6) is 0.548. The van der Waals surface area contributed by atoms with Crippen LogP contribution in [0.1, 0.15) is 16.7 Å². The van der Waals surface area contributed by atoms with Crippen LogP contribution in [-0.2, 0) is 11.4 Å². The van der Waals surface area contributed by atoms with Gasteiger partial charge >= 0.3 is 0 Å². The smallest absolute Gasteiger partial charge is 0.286 e. The molecule has 0 unspecified atom stereocenters. The first kappa shape index (κ1) is 23.5. The summed E-state index contributed by atoms with van der Waals surface area (Å²) >= 11 is 7.75. The summed E-state index contributed by atoms with van der Waals surface area (Å²) < 4.78 is 6.05. The average Bonchev–Trinajstić information content (AvgIpc) is 3.26. The van der Waals surface area contributed by atoms with Gasteiger partial charge in [-0.3, -0.25) is 4.79 Å². The van der Waals surface area contributed by atoms with Crippen LogP contribution in [0.4, 0.5) is 5.69 Å². The maximum Gasteiger partial charge on any atom is 0.286 e. The lowest BCUT2D eigenvalue weighted by molar-refractivity contribution is -0.113. The van der Waals surface area contributed by atoms with E-state index in [2.05, 4.69) is 26.9 Å². The largest absolute Gasteiger partial charge is 0.488 e. The fourth-order valence-electron chi connectivity index (χ4n) is 4.08. The number of nitrogens with zero attached hydrogens (tertiary/aromatic N) is 3. The van der Waals surface area contributed by atoms with Crippen LogP contribution >= 0.6 is 23.4 Å². The molecular formula is C28H26ClN3O2S. The van der Waals surface area contributed by atoms with Gasteiger partial charge in [0.15, 0.2) is 5.17 Å². The number of hydrogen-bond acceptors (Lipinski definition) is 5. The van der Waals surface area contributed by atoms with Crippen LogP contribution in [0, 0.1) is 6.92 Å². The molecule has 5 nitrogen and oxygen atoms in total. The third-order valence-corrected chi connectivity index (χ3v) is 7.57. The van der Waals surface area contributed by atoms with E-state index in [1.165, 1.54) is 11.8 Å². The van der Waals surface area contributed by atoms with Crippen molar-refractivity contribution in [2.75, 3.05) is 31.1 Å². The summed E-state index contributed by atoms with van der Waals surface area (Å²) in [6, 6.07) is 24.0. The SMILES string of the molecule is Cc1ccc(N2CCN(C3=NC(=O)C(=Cc4ccccc4OCc4ccccc4)S3)CC2)cc1Cl. The van der Waals surface area contributed by atoms with Crippen molar-refractivity contribution in [2.45, 2.75) is 13.5 Å². The fourth-order valence-corrected chi connectivity index (χ4v) is 5.21. The molecular weight excluding hydrogens is 478 g/mol. The van der Waals surface area contributed by atoms with E-state index < -0.39 is 0 Å². The normalized spacial score (nSPS) is 17.1. The molecule has 178 valence electrons. The lowest BCUT2D eigenvalue weighted by atomic mass is 10.2. The van der Waals surface area contributed by atoms with Gasteiger partial charge in [-0.15, -0.1) is 0 Å². The Bertz CT molecular complexity index is 1280. The number of benzene rings is 3. The van der Waals surface area contributed by atoms with Crippen molar-refractivity contribution in [1.29, 1.82) is 0 Å². The molecule has 1 fully saturated rings. The van der Waals surface area contributed by atoms with E-state index in [4.69, 9.17) is 16.3 Å². The number of rotatable bonds is 5. The third kappa shape index (κ3) is 5.55. The molecule has 7 heteroatoms. The van der Waals surface area contributed by atoms with Gasteiger partial charge in [-0.25, -0.2) is 0 Å². The molecule has 35 heavy (non-hydrogen) atoms. The number of carbonyl (C=O) groups excluding carboxylic acids is 1. The van der Waals surface area contributed by atoms with E-state index in [0.717, 1.165) is 64.5 Å². The molecule has 0 saturated carbocycles. The number of anilines is 1. The molecule has 1 saturated heterocycles. The first-order valence-corrected chi connectivity index (χ1v) is 12.8. The number of amides is 1. The zero-order chi connectivity index (χ0) is 24.2. The van der Waals surface area contributed by atoms with Crippen LogP contribution < -0.4 is 9.64 Å². The van der Waals surface area contributed by atoms with Gasteiger partial charge < -0.3 is 14.5 Å². The molecule has 0 radical (unpaired) electrons. The van der Waals surface area contributed by atoms with Crippen molar-refractivity contribution in [2.24, 2.45) is 4.99 Å². The van der Waals surface area contributed by atoms with Crippen LogP contribution in [0.3, 0.4) is 0 Å². The highest BCUT2D eigenvalue weighted by molar-refractivity contribution is 8.18. The number of piperazine rings is 1. The molecule has 0 spiro atoms. The molecule has 2 aliphatic rings. The van der Waals surface area contributed by atoms with Gasteiger partial charge in [0.2, 0.25) is 0 Å². The van der Waals surface area contributed by atoms with Gasteiger partial charge in [-0.05, 0) is 54.1 Å². The minimum absolute atomic E-state index is 0.199. The van der Waals surface area contributed by atoms with E-state index >= 15 is 0 Å². The molecule has 2 aliphatic heterocycles. The number of para-hydroxylation sites is 1. The monoisotopic (exact) mass is 503 g/mol. The zero-order valence-electron chi connectivity index (χ0n) is 19.5.